The molecule has 0 aliphatic rings. The van der Waals surface area contributed by atoms with Crippen LogP contribution in [0.5, 0.6) is 0 Å². The molecule has 0 saturated carbocycles. The number of hydrogen-bond donors (Lipinski definition) is 1. The Morgan fingerprint density at radius 1 is 1.19 bits per heavy atom. The van der Waals surface area contributed by atoms with Crippen molar-refractivity contribution in [1.82, 2.24) is 15.2 Å². The molecule has 0 saturated heterocycles. The van der Waals surface area contributed by atoms with Gasteiger partial charge in [0.2, 0.25) is 0 Å². The molecule has 7 heteroatoms. The quantitative estimate of drug-likeness (QED) is 0.554. The Hall–Kier alpha value is -2.67. The fourth-order valence-corrected chi connectivity index (χ4v) is 3.74. The molecule has 0 aliphatic heterocycles. The second-order valence-corrected chi connectivity index (χ2v) is 9.11. The van der Waals surface area contributed by atoms with Gasteiger partial charge in [-0.25, -0.2) is 14.6 Å². The monoisotopic (exact) mass is 443 g/mol. The number of esters is 1. The van der Waals surface area contributed by atoms with E-state index in [1.807, 2.05) is 50.4 Å². The van der Waals surface area contributed by atoms with Crippen molar-refractivity contribution in [2.24, 2.45) is 5.92 Å². The number of benzene rings is 1. The summed E-state index contributed by atoms with van der Waals surface area (Å²) in [6.45, 7) is 10.7. The van der Waals surface area contributed by atoms with Gasteiger partial charge in [0.05, 0.1) is 24.4 Å². The van der Waals surface area contributed by atoms with E-state index in [1.165, 1.54) is 12.7 Å². The van der Waals surface area contributed by atoms with Gasteiger partial charge in [-0.05, 0) is 18.4 Å². The minimum Gasteiger partial charge on any atom is -0.467 e. The van der Waals surface area contributed by atoms with E-state index in [4.69, 9.17) is 4.74 Å². The normalized spacial score (nSPS) is 12.4. The molecule has 2 amide bonds. The molecule has 0 fully saturated rings. The summed E-state index contributed by atoms with van der Waals surface area (Å²) in [6, 6.07) is 7.15. The molecule has 1 atom stereocenters. The number of carbonyl (C=O) groups is 2. The van der Waals surface area contributed by atoms with Crippen molar-refractivity contribution in [2.45, 2.75) is 53.1 Å². The lowest BCUT2D eigenvalue weighted by Crippen LogP contribution is -2.50. The summed E-state index contributed by atoms with van der Waals surface area (Å²) in [7, 11) is 1.33. The van der Waals surface area contributed by atoms with Crippen molar-refractivity contribution in [3.05, 3.63) is 57.6 Å². The van der Waals surface area contributed by atoms with Crippen LogP contribution in [0.4, 0.5) is 4.79 Å². The number of ether oxygens (including phenoxy) is 1. The molecule has 1 heterocycles. The average Bonchev–Trinajstić information content (AvgIpc) is 3.20. The molecule has 2 rings (SSSR count). The first-order valence-corrected chi connectivity index (χ1v) is 11.4. The van der Waals surface area contributed by atoms with Gasteiger partial charge in [-0.1, -0.05) is 69.7 Å². The highest BCUT2D eigenvalue weighted by atomic mass is 32.1. The first-order chi connectivity index (χ1) is 14.7. The molecule has 6 nitrogen and oxygen atoms in total. The molecule has 0 bridgehead atoms. The van der Waals surface area contributed by atoms with Crippen LogP contribution in [0, 0.1) is 12.8 Å². The molecular formula is C24H33N3O3S. The first kappa shape index (κ1) is 24.6. The number of aryl methyl sites for hydroxylation is 1. The van der Waals surface area contributed by atoms with Crippen LogP contribution in [0.25, 0.3) is 6.08 Å². The minimum atomic E-state index is -0.706. The highest BCUT2D eigenvalue weighted by molar-refractivity contribution is 7.09. The zero-order valence-electron chi connectivity index (χ0n) is 19.2. The van der Waals surface area contributed by atoms with E-state index in [-0.39, 0.29) is 11.9 Å². The number of hydrogen-bond acceptors (Lipinski definition) is 5. The van der Waals surface area contributed by atoms with Crippen molar-refractivity contribution in [2.75, 3.05) is 13.7 Å². The number of nitrogens with zero attached hydrogens (tertiary/aromatic N) is 2. The number of nitrogens with one attached hydrogen (secondary N) is 1. The Kier molecular flexibility index (Phi) is 9.24. The Morgan fingerprint density at radius 3 is 2.42 bits per heavy atom. The maximum atomic E-state index is 13.1. The minimum absolute atomic E-state index is 0.0897. The van der Waals surface area contributed by atoms with Crippen LogP contribution in [-0.4, -0.2) is 41.6 Å². The zero-order chi connectivity index (χ0) is 23.0. The van der Waals surface area contributed by atoms with Crippen LogP contribution in [-0.2, 0) is 16.1 Å². The van der Waals surface area contributed by atoms with E-state index in [0.29, 0.717) is 19.0 Å². The standard InChI is InChI=1S/C24H33N3O3S/c1-16(2)21(23(28)30-6)26-24(29)27(14-20-15-31-22(25-20)17(3)4)13-7-8-19-11-9-18(5)10-12-19/h7-12,15-17,21H,13-14H2,1-6H3,(H,26,29)/b8-7+/t21-/m0/s1. The molecule has 168 valence electrons. The third-order valence-electron chi connectivity index (χ3n) is 4.82. The van der Waals surface area contributed by atoms with Gasteiger partial charge >= 0.3 is 12.0 Å². The van der Waals surface area contributed by atoms with Gasteiger partial charge < -0.3 is 15.0 Å². The van der Waals surface area contributed by atoms with Crippen LogP contribution in [0.15, 0.2) is 35.7 Å². The summed E-state index contributed by atoms with van der Waals surface area (Å²) in [5.41, 5.74) is 3.10. The fraction of sp³-hybridized carbons (Fsp3) is 0.458. The summed E-state index contributed by atoms with van der Waals surface area (Å²) < 4.78 is 4.85. The summed E-state index contributed by atoms with van der Waals surface area (Å²) in [4.78, 5) is 31.5. The first-order valence-electron chi connectivity index (χ1n) is 10.5. The number of urea groups is 1. The lowest BCUT2D eigenvalue weighted by atomic mass is 10.1. The zero-order valence-corrected chi connectivity index (χ0v) is 20.0. The topological polar surface area (TPSA) is 71.5 Å². The van der Waals surface area contributed by atoms with Crippen molar-refractivity contribution in [3.63, 3.8) is 0 Å². The van der Waals surface area contributed by atoms with Crippen LogP contribution in [0.1, 0.15) is 55.4 Å². The number of carbonyl (C=O) groups excluding carboxylic acids is 2. The Bertz CT molecular complexity index is 888. The van der Waals surface area contributed by atoms with Gasteiger partial charge in [0.15, 0.2) is 0 Å². The van der Waals surface area contributed by atoms with Crippen LogP contribution in [0.3, 0.4) is 0 Å². The summed E-state index contributed by atoms with van der Waals surface area (Å²) >= 11 is 1.60. The third kappa shape index (κ3) is 7.51. The molecule has 2 aromatic rings. The SMILES string of the molecule is COC(=O)[C@@H](NC(=O)N(C/C=C/c1ccc(C)cc1)Cc1csc(C(C)C)n1)C(C)C. The van der Waals surface area contributed by atoms with E-state index in [0.717, 1.165) is 16.3 Å². The van der Waals surface area contributed by atoms with Crippen LogP contribution < -0.4 is 5.32 Å². The van der Waals surface area contributed by atoms with E-state index < -0.39 is 12.0 Å². The summed E-state index contributed by atoms with van der Waals surface area (Å²) in [6.07, 6.45) is 3.93. The second kappa shape index (κ2) is 11.6. The molecule has 1 aromatic heterocycles. The Labute approximate surface area is 189 Å². The smallest absolute Gasteiger partial charge is 0.328 e. The lowest BCUT2D eigenvalue weighted by molar-refractivity contribution is -0.144. The predicted molar refractivity (Wildman–Crippen MR) is 126 cm³/mol. The van der Waals surface area contributed by atoms with Crippen molar-refractivity contribution < 1.29 is 14.3 Å². The Balaban J connectivity index is 2.17. The number of thiazole rings is 1. The maximum absolute atomic E-state index is 13.1. The van der Waals surface area contributed by atoms with Gasteiger partial charge in [0.1, 0.15) is 6.04 Å². The largest absolute Gasteiger partial charge is 0.467 e. The van der Waals surface area contributed by atoms with Crippen molar-refractivity contribution in [1.29, 1.82) is 0 Å². The molecule has 0 unspecified atom stereocenters. The molecule has 1 aromatic carbocycles. The highest BCUT2D eigenvalue weighted by Gasteiger charge is 2.27. The van der Waals surface area contributed by atoms with E-state index in [9.17, 15) is 9.59 Å². The molecule has 1 N–H and O–H groups in total. The van der Waals surface area contributed by atoms with E-state index in [2.05, 4.69) is 36.3 Å². The van der Waals surface area contributed by atoms with E-state index in [1.54, 1.807) is 16.2 Å². The van der Waals surface area contributed by atoms with Gasteiger partial charge in [-0.2, -0.15) is 0 Å². The second-order valence-electron chi connectivity index (χ2n) is 8.22. The van der Waals surface area contributed by atoms with Crippen molar-refractivity contribution >= 4 is 29.4 Å². The van der Waals surface area contributed by atoms with Crippen LogP contribution >= 0.6 is 11.3 Å². The Morgan fingerprint density at radius 2 is 1.87 bits per heavy atom. The van der Waals surface area contributed by atoms with Gasteiger partial charge in [-0.15, -0.1) is 11.3 Å². The lowest BCUT2D eigenvalue weighted by Gasteiger charge is -2.26. The highest BCUT2D eigenvalue weighted by Crippen LogP contribution is 2.20. The molecule has 0 aliphatic carbocycles. The number of methoxy groups -OCH3 is 1. The van der Waals surface area contributed by atoms with Gasteiger partial charge in [0.25, 0.3) is 0 Å². The van der Waals surface area contributed by atoms with Crippen LogP contribution in [0.2, 0.25) is 0 Å². The van der Waals surface area contributed by atoms with E-state index >= 15 is 0 Å². The molecular weight excluding hydrogens is 410 g/mol. The maximum Gasteiger partial charge on any atom is 0.328 e. The molecule has 0 radical (unpaired) electrons. The number of rotatable bonds is 9. The van der Waals surface area contributed by atoms with Crippen molar-refractivity contribution in [3.8, 4) is 0 Å². The number of amides is 2. The predicted octanol–water partition coefficient (Wildman–Crippen LogP) is 5.00. The fourth-order valence-electron chi connectivity index (χ4n) is 2.92. The average molecular weight is 444 g/mol. The third-order valence-corrected chi connectivity index (χ3v) is 6.01. The molecule has 31 heavy (non-hydrogen) atoms. The molecule has 0 spiro atoms. The summed E-state index contributed by atoms with van der Waals surface area (Å²) in [5, 5.41) is 5.85. The van der Waals surface area contributed by atoms with Gasteiger partial charge in [-0.3, -0.25) is 0 Å². The summed E-state index contributed by atoms with van der Waals surface area (Å²) in [5.74, 6) is -0.200. The van der Waals surface area contributed by atoms with Gasteiger partial charge in [0, 0.05) is 17.8 Å². The number of aromatic nitrogens is 1.